The molecule has 1 fully saturated rings. The Hall–Kier alpha value is -2.29. The van der Waals surface area contributed by atoms with Crippen molar-refractivity contribution >= 4 is 33.3 Å². The number of rotatable bonds is 5. The highest BCUT2D eigenvalue weighted by Crippen LogP contribution is 2.16. The van der Waals surface area contributed by atoms with Crippen molar-refractivity contribution in [3.8, 4) is 0 Å². The summed E-state index contributed by atoms with van der Waals surface area (Å²) in [5.74, 6) is -0.312. The molecule has 2 rings (SSSR count). The number of anilines is 2. The van der Waals surface area contributed by atoms with Crippen LogP contribution < -0.4 is 15.4 Å². The Kier molecular flexibility index (Phi) is 4.55. The first-order chi connectivity index (χ1) is 10.3. The summed E-state index contributed by atoms with van der Waals surface area (Å²) >= 11 is 0. The van der Waals surface area contributed by atoms with E-state index in [4.69, 9.17) is 0 Å². The summed E-state index contributed by atoms with van der Waals surface area (Å²) in [6.45, 7) is 2.49. The van der Waals surface area contributed by atoms with E-state index in [1.165, 1.54) is 0 Å². The summed E-state index contributed by atoms with van der Waals surface area (Å²) in [7, 11) is -3.32. The standard InChI is InChI=1S/C13H18N4O4S/c1-9(12(18)17-8-7-14-13(17)19)15-10-3-5-11(6-4-10)16-22(2,20)21/h3-6,9,15-16H,7-8H2,1-2H3,(H,14,19)/t9-/m1/s1. The zero-order valence-corrected chi connectivity index (χ0v) is 13.1. The number of hydrogen-bond acceptors (Lipinski definition) is 5. The lowest BCUT2D eigenvalue weighted by Gasteiger charge is -2.19. The zero-order chi connectivity index (χ0) is 16.3. The van der Waals surface area contributed by atoms with Crippen molar-refractivity contribution < 1.29 is 18.0 Å². The van der Waals surface area contributed by atoms with Gasteiger partial charge in [0.25, 0.3) is 5.91 Å². The lowest BCUT2D eigenvalue weighted by atomic mass is 10.2. The van der Waals surface area contributed by atoms with Crippen LogP contribution in [0.1, 0.15) is 6.92 Å². The Morgan fingerprint density at radius 2 is 1.86 bits per heavy atom. The molecule has 1 aromatic carbocycles. The first-order valence-electron chi connectivity index (χ1n) is 6.70. The van der Waals surface area contributed by atoms with E-state index in [1.807, 2.05) is 0 Å². The van der Waals surface area contributed by atoms with E-state index in [2.05, 4.69) is 15.4 Å². The smallest absolute Gasteiger partial charge is 0.324 e. The van der Waals surface area contributed by atoms with Gasteiger partial charge in [0.2, 0.25) is 10.0 Å². The van der Waals surface area contributed by atoms with E-state index in [0.717, 1.165) is 11.2 Å². The van der Waals surface area contributed by atoms with E-state index in [-0.39, 0.29) is 11.9 Å². The maximum absolute atomic E-state index is 12.1. The second-order valence-corrected chi connectivity index (χ2v) is 6.79. The van der Waals surface area contributed by atoms with Crippen LogP contribution >= 0.6 is 0 Å². The van der Waals surface area contributed by atoms with Crippen LogP contribution in [0, 0.1) is 0 Å². The summed E-state index contributed by atoms with van der Waals surface area (Å²) in [5.41, 5.74) is 1.09. The van der Waals surface area contributed by atoms with E-state index < -0.39 is 16.1 Å². The van der Waals surface area contributed by atoms with Crippen LogP contribution in [0.4, 0.5) is 16.2 Å². The molecule has 22 heavy (non-hydrogen) atoms. The minimum atomic E-state index is -3.32. The molecule has 3 N–H and O–H groups in total. The predicted molar refractivity (Wildman–Crippen MR) is 83.1 cm³/mol. The van der Waals surface area contributed by atoms with Crippen LogP contribution in [0.3, 0.4) is 0 Å². The Morgan fingerprint density at radius 1 is 1.27 bits per heavy atom. The lowest BCUT2D eigenvalue weighted by Crippen LogP contribution is -2.43. The molecule has 0 unspecified atom stereocenters. The van der Waals surface area contributed by atoms with Crippen molar-refractivity contribution in [2.75, 3.05) is 29.4 Å². The lowest BCUT2D eigenvalue weighted by molar-refractivity contribution is -0.128. The molecule has 1 saturated heterocycles. The molecule has 0 bridgehead atoms. The Bertz CT molecular complexity index is 672. The number of nitrogens with one attached hydrogen (secondary N) is 3. The summed E-state index contributed by atoms with van der Waals surface area (Å²) in [5, 5.41) is 5.55. The number of hydrogen-bond donors (Lipinski definition) is 3. The number of imide groups is 1. The molecule has 120 valence electrons. The molecule has 3 amide bonds. The number of carbonyl (C=O) groups is 2. The molecule has 0 radical (unpaired) electrons. The van der Waals surface area contributed by atoms with Gasteiger partial charge in [0.05, 0.1) is 6.26 Å². The quantitative estimate of drug-likeness (QED) is 0.726. The summed E-state index contributed by atoms with van der Waals surface area (Å²) in [6, 6.07) is 5.53. The van der Waals surface area contributed by atoms with Crippen molar-refractivity contribution in [2.24, 2.45) is 0 Å². The number of carbonyl (C=O) groups excluding carboxylic acids is 2. The first kappa shape index (κ1) is 16.1. The fourth-order valence-corrected chi connectivity index (χ4v) is 2.64. The van der Waals surface area contributed by atoms with E-state index in [9.17, 15) is 18.0 Å². The van der Waals surface area contributed by atoms with E-state index >= 15 is 0 Å². The van der Waals surface area contributed by atoms with Gasteiger partial charge in [0, 0.05) is 24.5 Å². The van der Waals surface area contributed by atoms with Crippen molar-refractivity contribution in [3.05, 3.63) is 24.3 Å². The highest BCUT2D eigenvalue weighted by Gasteiger charge is 2.29. The van der Waals surface area contributed by atoms with Gasteiger partial charge in [-0.3, -0.25) is 14.4 Å². The average Bonchev–Trinajstić information content (AvgIpc) is 2.84. The second-order valence-electron chi connectivity index (χ2n) is 5.04. The minimum absolute atomic E-state index is 0.312. The van der Waals surface area contributed by atoms with Gasteiger partial charge in [0.15, 0.2) is 0 Å². The van der Waals surface area contributed by atoms with E-state index in [0.29, 0.717) is 24.5 Å². The van der Waals surface area contributed by atoms with Crippen LogP contribution in [-0.2, 0) is 14.8 Å². The SMILES string of the molecule is C[C@@H](Nc1ccc(NS(C)(=O)=O)cc1)C(=O)N1CCNC1=O. The minimum Gasteiger partial charge on any atom is -0.374 e. The fourth-order valence-electron chi connectivity index (χ4n) is 2.08. The Labute approximate surface area is 128 Å². The van der Waals surface area contributed by atoms with Gasteiger partial charge < -0.3 is 10.6 Å². The molecule has 1 aromatic rings. The number of sulfonamides is 1. The van der Waals surface area contributed by atoms with Gasteiger partial charge in [-0.15, -0.1) is 0 Å². The third-order valence-corrected chi connectivity index (χ3v) is 3.67. The summed E-state index contributed by atoms with van der Waals surface area (Å²) in [4.78, 5) is 24.7. The molecule has 1 atom stereocenters. The maximum atomic E-state index is 12.1. The fraction of sp³-hybridized carbons (Fsp3) is 0.385. The number of urea groups is 1. The molecular formula is C13H18N4O4S. The van der Waals surface area contributed by atoms with Crippen molar-refractivity contribution in [1.82, 2.24) is 10.2 Å². The molecule has 9 heteroatoms. The summed E-state index contributed by atoms with van der Waals surface area (Å²) in [6.07, 6.45) is 1.07. The maximum Gasteiger partial charge on any atom is 0.324 e. The van der Waals surface area contributed by atoms with Gasteiger partial charge in [0.1, 0.15) is 6.04 Å². The predicted octanol–water partition coefficient (Wildman–Crippen LogP) is 0.410. The van der Waals surface area contributed by atoms with Crippen LogP contribution in [0.15, 0.2) is 24.3 Å². The molecule has 0 aliphatic carbocycles. The third kappa shape index (κ3) is 4.10. The molecule has 1 heterocycles. The van der Waals surface area contributed by atoms with Crippen molar-refractivity contribution in [1.29, 1.82) is 0 Å². The van der Waals surface area contributed by atoms with Crippen LogP contribution in [0.25, 0.3) is 0 Å². The van der Waals surface area contributed by atoms with Crippen LogP contribution in [-0.4, -0.2) is 50.6 Å². The normalized spacial score (nSPS) is 16.1. The van der Waals surface area contributed by atoms with Gasteiger partial charge >= 0.3 is 6.03 Å². The number of nitrogens with zero attached hydrogens (tertiary/aromatic N) is 1. The third-order valence-electron chi connectivity index (χ3n) is 3.06. The van der Waals surface area contributed by atoms with Gasteiger partial charge in [-0.1, -0.05) is 0 Å². The molecule has 1 aliphatic rings. The molecule has 0 aromatic heterocycles. The number of benzene rings is 1. The monoisotopic (exact) mass is 326 g/mol. The van der Waals surface area contributed by atoms with Crippen molar-refractivity contribution in [3.63, 3.8) is 0 Å². The van der Waals surface area contributed by atoms with Gasteiger partial charge in [-0.2, -0.15) is 0 Å². The Morgan fingerprint density at radius 3 is 2.36 bits per heavy atom. The number of amides is 3. The molecule has 1 aliphatic heterocycles. The topological polar surface area (TPSA) is 108 Å². The average molecular weight is 326 g/mol. The van der Waals surface area contributed by atoms with Crippen LogP contribution in [0.2, 0.25) is 0 Å². The highest BCUT2D eigenvalue weighted by molar-refractivity contribution is 7.92. The van der Waals surface area contributed by atoms with Gasteiger partial charge in [-0.05, 0) is 31.2 Å². The van der Waals surface area contributed by atoms with Gasteiger partial charge in [-0.25, -0.2) is 13.2 Å². The summed E-state index contributed by atoms with van der Waals surface area (Å²) < 4.78 is 24.6. The zero-order valence-electron chi connectivity index (χ0n) is 12.3. The van der Waals surface area contributed by atoms with E-state index in [1.54, 1.807) is 31.2 Å². The molecule has 0 saturated carbocycles. The molecule has 0 spiro atoms. The second kappa shape index (κ2) is 6.22. The highest BCUT2D eigenvalue weighted by atomic mass is 32.2. The first-order valence-corrected chi connectivity index (χ1v) is 8.59. The Balaban J connectivity index is 1.98. The molecular weight excluding hydrogens is 308 g/mol. The van der Waals surface area contributed by atoms with Crippen molar-refractivity contribution in [2.45, 2.75) is 13.0 Å². The van der Waals surface area contributed by atoms with Crippen LogP contribution in [0.5, 0.6) is 0 Å². The molecule has 8 nitrogen and oxygen atoms in total. The largest absolute Gasteiger partial charge is 0.374 e.